The van der Waals surface area contributed by atoms with Crippen LogP contribution in [0.3, 0.4) is 0 Å². The average Bonchev–Trinajstić information content (AvgIpc) is 2.10. The molecule has 62 valence electrons. The van der Waals surface area contributed by atoms with Crippen LogP contribution in [0.25, 0.3) is 0 Å². The first-order valence-corrected chi connectivity index (χ1v) is 4.93. The minimum Gasteiger partial charge on any atom is -0.138 e. The molecule has 0 saturated carbocycles. The van der Waals surface area contributed by atoms with E-state index in [4.69, 9.17) is 0 Å². The maximum atomic E-state index is 2.70. The van der Waals surface area contributed by atoms with Gasteiger partial charge in [0, 0.05) is 0 Å². The van der Waals surface area contributed by atoms with Crippen molar-refractivity contribution in [3.05, 3.63) is 36.4 Å². The van der Waals surface area contributed by atoms with E-state index in [9.17, 15) is 0 Å². The lowest BCUT2D eigenvalue weighted by Gasteiger charge is -1.79. The third-order valence-corrected chi connectivity index (χ3v) is 1.63. The summed E-state index contributed by atoms with van der Waals surface area (Å²) in [6.45, 7) is 2.20. The largest absolute Gasteiger partial charge is 0.138 e. The first-order valence-electron chi connectivity index (χ1n) is 4.12. The van der Waals surface area contributed by atoms with E-state index in [1.165, 1.54) is 19.0 Å². The highest BCUT2D eigenvalue weighted by atomic mass is 31.0. The molecule has 0 N–H and O–H groups in total. The van der Waals surface area contributed by atoms with Crippen LogP contribution in [0.4, 0.5) is 0 Å². The highest BCUT2D eigenvalue weighted by Gasteiger charge is 1.68. The topological polar surface area (TPSA) is 0 Å². The van der Waals surface area contributed by atoms with E-state index < -0.39 is 0 Å². The maximum Gasteiger partial charge on any atom is -0.0381 e. The van der Waals surface area contributed by atoms with Gasteiger partial charge in [0.2, 0.25) is 0 Å². The van der Waals surface area contributed by atoms with Gasteiger partial charge in [-0.2, -0.15) is 0 Å². The fraction of sp³-hybridized carbons (Fsp3) is 0.400. The van der Waals surface area contributed by atoms with E-state index >= 15 is 0 Å². The van der Waals surface area contributed by atoms with E-state index in [2.05, 4.69) is 16.2 Å². The lowest BCUT2D eigenvalue weighted by atomic mass is 10.4. The van der Waals surface area contributed by atoms with Crippen molar-refractivity contribution in [2.45, 2.75) is 19.8 Å². The van der Waals surface area contributed by atoms with Crippen LogP contribution in [0.2, 0.25) is 0 Å². The van der Waals surface area contributed by atoms with E-state index in [1.54, 1.807) is 0 Å². The van der Waals surface area contributed by atoms with Crippen molar-refractivity contribution in [2.75, 3.05) is 6.16 Å². The number of rotatable bonds is 2. The molecule has 0 fully saturated rings. The van der Waals surface area contributed by atoms with Crippen LogP contribution in [0.15, 0.2) is 36.4 Å². The summed E-state index contributed by atoms with van der Waals surface area (Å²) in [5.74, 6) is 0. The summed E-state index contributed by atoms with van der Waals surface area (Å²) in [4.78, 5) is 0. The molecule has 0 aliphatic carbocycles. The molecule has 0 heterocycles. The van der Waals surface area contributed by atoms with Crippen molar-refractivity contribution < 1.29 is 0 Å². The molecule has 1 rings (SSSR count). The van der Waals surface area contributed by atoms with Gasteiger partial charge >= 0.3 is 0 Å². The Morgan fingerprint density at radius 3 is 1.36 bits per heavy atom. The second kappa shape index (κ2) is 9.65. The molecule has 0 amide bonds. The second-order valence-corrected chi connectivity index (χ2v) is 2.87. The number of hydrogen-bond donors (Lipinski definition) is 0. The summed E-state index contributed by atoms with van der Waals surface area (Å²) in [6, 6.07) is 12.0. The zero-order valence-electron chi connectivity index (χ0n) is 7.16. The molecule has 1 aromatic carbocycles. The lowest BCUT2D eigenvalue weighted by Crippen LogP contribution is -1.64. The van der Waals surface area contributed by atoms with Gasteiger partial charge in [-0.15, -0.1) is 9.24 Å². The molecule has 1 heteroatoms. The van der Waals surface area contributed by atoms with Crippen LogP contribution in [0.5, 0.6) is 0 Å². The molecule has 0 bridgehead atoms. The summed E-state index contributed by atoms with van der Waals surface area (Å²) >= 11 is 0. The van der Waals surface area contributed by atoms with Gasteiger partial charge in [0.1, 0.15) is 0 Å². The van der Waals surface area contributed by atoms with Gasteiger partial charge in [-0.05, 0) is 6.16 Å². The van der Waals surface area contributed by atoms with E-state index in [0.29, 0.717) is 0 Å². The summed E-state index contributed by atoms with van der Waals surface area (Å²) in [5, 5.41) is 0. The molecule has 0 aliphatic rings. The molecular formula is C10H17P. The third-order valence-electron chi connectivity index (χ3n) is 1.22. The average molecular weight is 168 g/mol. The summed E-state index contributed by atoms with van der Waals surface area (Å²) in [6.07, 6.45) is 3.94. The summed E-state index contributed by atoms with van der Waals surface area (Å²) in [7, 11) is 2.70. The van der Waals surface area contributed by atoms with Crippen LogP contribution in [0.1, 0.15) is 19.8 Å². The third kappa shape index (κ3) is 9.65. The van der Waals surface area contributed by atoms with Gasteiger partial charge in [0.05, 0.1) is 0 Å². The monoisotopic (exact) mass is 168 g/mol. The Kier molecular flexibility index (Phi) is 9.34. The van der Waals surface area contributed by atoms with Crippen LogP contribution < -0.4 is 0 Å². The zero-order chi connectivity index (χ0) is 8.36. The van der Waals surface area contributed by atoms with Crippen molar-refractivity contribution in [1.29, 1.82) is 0 Å². The Hall–Kier alpha value is -0.350. The van der Waals surface area contributed by atoms with Gasteiger partial charge in [-0.25, -0.2) is 0 Å². The van der Waals surface area contributed by atoms with Gasteiger partial charge in [0.15, 0.2) is 0 Å². The molecule has 0 aliphatic heterocycles. The predicted octanol–water partition coefficient (Wildman–Crippen LogP) is 3.35. The molecule has 0 nitrogen and oxygen atoms in total. The Morgan fingerprint density at radius 2 is 1.27 bits per heavy atom. The minimum atomic E-state index is 1.26. The normalized spacial score (nSPS) is 8.18. The molecule has 1 aromatic rings. The first-order chi connectivity index (χ1) is 5.41. The molecule has 11 heavy (non-hydrogen) atoms. The number of unbranched alkanes of at least 4 members (excludes halogenated alkanes) is 1. The first kappa shape index (κ1) is 10.7. The van der Waals surface area contributed by atoms with E-state index in [0.717, 1.165) is 0 Å². The molecule has 1 atom stereocenters. The highest BCUT2D eigenvalue weighted by Crippen LogP contribution is 1.89. The molecule has 0 saturated heterocycles. The molecule has 0 aromatic heterocycles. The quantitative estimate of drug-likeness (QED) is 0.594. The van der Waals surface area contributed by atoms with Gasteiger partial charge in [0.25, 0.3) is 0 Å². The van der Waals surface area contributed by atoms with Crippen LogP contribution in [0, 0.1) is 0 Å². The molecule has 0 radical (unpaired) electrons. The van der Waals surface area contributed by atoms with Crippen LogP contribution in [-0.4, -0.2) is 6.16 Å². The molecular weight excluding hydrogens is 151 g/mol. The molecule has 1 unspecified atom stereocenters. The number of benzene rings is 1. The Bertz CT molecular complexity index is 108. The Balaban J connectivity index is 0.000000187. The van der Waals surface area contributed by atoms with Crippen LogP contribution >= 0.6 is 9.24 Å². The van der Waals surface area contributed by atoms with E-state index in [1.807, 2.05) is 36.4 Å². The standard InChI is InChI=1S/C6H6.C4H11P/c1-2-4-6-5-3-1;1-2-3-4-5/h1-6H;2-5H2,1H3. The van der Waals surface area contributed by atoms with Gasteiger partial charge in [-0.3, -0.25) is 0 Å². The van der Waals surface area contributed by atoms with Crippen molar-refractivity contribution in [3.63, 3.8) is 0 Å². The minimum absolute atomic E-state index is 1.26. The van der Waals surface area contributed by atoms with Gasteiger partial charge < -0.3 is 0 Å². The zero-order valence-corrected chi connectivity index (χ0v) is 8.32. The summed E-state index contributed by atoms with van der Waals surface area (Å²) < 4.78 is 0. The highest BCUT2D eigenvalue weighted by molar-refractivity contribution is 7.16. The van der Waals surface area contributed by atoms with Crippen LogP contribution in [-0.2, 0) is 0 Å². The van der Waals surface area contributed by atoms with Crippen molar-refractivity contribution >= 4 is 9.24 Å². The van der Waals surface area contributed by atoms with Gasteiger partial charge in [-0.1, -0.05) is 56.2 Å². The Morgan fingerprint density at radius 1 is 0.909 bits per heavy atom. The number of hydrogen-bond acceptors (Lipinski definition) is 0. The fourth-order valence-electron chi connectivity index (χ4n) is 0.589. The van der Waals surface area contributed by atoms with Crippen molar-refractivity contribution in [3.8, 4) is 0 Å². The van der Waals surface area contributed by atoms with Crippen molar-refractivity contribution in [2.24, 2.45) is 0 Å². The fourth-order valence-corrected chi connectivity index (χ4v) is 0.997. The molecule has 0 spiro atoms. The van der Waals surface area contributed by atoms with E-state index in [-0.39, 0.29) is 0 Å². The lowest BCUT2D eigenvalue weighted by molar-refractivity contribution is 0.897. The van der Waals surface area contributed by atoms with Crippen molar-refractivity contribution in [1.82, 2.24) is 0 Å². The Labute approximate surface area is 72.2 Å². The smallest absolute Gasteiger partial charge is 0.0381 e. The SMILES string of the molecule is CCCCP.c1ccccc1. The predicted molar refractivity (Wildman–Crippen MR) is 55.9 cm³/mol. The second-order valence-electron chi connectivity index (χ2n) is 2.30. The maximum absolute atomic E-state index is 2.70. The summed E-state index contributed by atoms with van der Waals surface area (Å²) in [5.41, 5.74) is 0.